The van der Waals surface area contributed by atoms with E-state index in [1.807, 2.05) is 21.1 Å². The number of amides is 1. The second kappa shape index (κ2) is 54.3. The van der Waals surface area contributed by atoms with E-state index in [1.54, 1.807) is 0 Å². The first-order chi connectivity index (χ1) is 34.5. The standard InChI is InChI=1S/C62H127N2O6P/c1-6-8-10-12-14-16-18-20-22-24-25-26-27-28-29-30-31-32-33-34-35-36-37-38-39-40-42-44-46-48-50-52-54-56-62(66)63-60(59-70-71(67,68)69-58-57-64(3,4)5)61(65)55-53-51-49-47-45-43-41-23-21-19-17-15-13-11-9-7-2/h60-61,65H,6-59H2,1-5H3,(H-,63,66,67,68)/p+1/t60-,61+/m0/s1. The van der Waals surface area contributed by atoms with Gasteiger partial charge >= 0.3 is 7.82 Å². The molecule has 3 atom stereocenters. The van der Waals surface area contributed by atoms with E-state index in [0.717, 1.165) is 38.5 Å². The Bertz CT molecular complexity index is 1120. The second-order valence-electron chi connectivity index (χ2n) is 23.5. The summed E-state index contributed by atoms with van der Waals surface area (Å²) in [5, 5.41) is 14.1. The fourth-order valence-electron chi connectivity index (χ4n) is 10.1. The second-order valence-corrected chi connectivity index (χ2v) is 25.0. The molecule has 0 aromatic carbocycles. The smallest absolute Gasteiger partial charge is 0.391 e. The fraction of sp³-hybridized carbons (Fsp3) is 0.984. The maximum Gasteiger partial charge on any atom is 0.472 e. The molecule has 0 saturated carbocycles. The molecule has 0 heterocycles. The van der Waals surface area contributed by atoms with E-state index >= 15 is 0 Å². The van der Waals surface area contributed by atoms with Crippen molar-refractivity contribution in [3.8, 4) is 0 Å². The summed E-state index contributed by atoms with van der Waals surface area (Å²) in [6.45, 7) is 4.95. The van der Waals surface area contributed by atoms with Crippen LogP contribution in [0.25, 0.3) is 0 Å². The molecular weight excluding hydrogens is 900 g/mol. The molecule has 0 aliphatic carbocycles. The van der Waals surface area contributed by atoms with Gasteiger partial charge in [0, 0.05) is 6.42 Å². The molecule has 71 heavy (non-hydrogen) atoms. The Labute approximate surface area is 444 Å². The molecule has 9 heteroatoms. The van der Waals surface area contributed by atoms with Crippen molar-refractivity contribution in [3.05, 3.63) is 0 Å². The zero-order valence-electron chi connectivity index (χ0n) is 48.8. The van der Waals surface area contributed by atoms with E-state index in [0.29, 0.717) is 23.9 Å². The number of hydrogen-bond acceptors (Lipinski definition) is 5. The lowest BCUT2D eigenvalue weighted by molar-refractivity contribution is -0.870. The van der Waals surface area contributed by atoms with Crippen molar-refractivity contribution in [3.63, 3.8) is 0 Å². The van der Waals surface area contributed by atoms with E-state index in [4.69, 9.17) is 9.05 Å². The zero-order valence-corrected chi connectivity index (χ0v) is 49.7. The predicted octanol–water partition coefficient (Wildman–Crippen LogP) is 19.6. The van der Waals surface area contributed by atoms with Gasteiger partial charge in [-0.2, -0.15) is 0 Å². The number of phosphoric ester groups is 1. The fourth-order valence-corrected chi connectivity index (χ4v) is 10.8. The van der Waals surface area contributed by atoms with Crippen LogP contribution in [-0.4, -0.2) is 73.4 Å². The minimum absolute atomic E-state index is 0.0791. The van der Waals surface area contributed by atoms with Crippen LogP contribution in [0.5, 0.6) is 0 Å². The minimum atomic E-state index is -4.32. The van der Waals surface area contributed by atoms with Crippen LogP contribution in [0.1, 0.15) is 341 Å². The molecule has 426 valence electrons. The molecule has 0 aromatic heterocycles. The first-order valence-electron chi connectivity index (χ1n) is 31.9. The minimum Gasteiger partial charge on any atom is -0.391 e. The van der Waals surface area contributed by atoms with E-state index in [1.165, 1.54) is 276 Å². The Balaban J connectivity index is 3.93. The summed E-state index contributed by atoms with van der Waals surface area (Å²) in [6, 6.07) is -0.755. The van der Waals surface area contributed by atoms with Crippen molar-refractivity contribution >= 4 is 13.7 Å². The first-order valence-corrected chi connectivity index (χ1v) is 33.4. The number of unbranched alkanes of at least 4 members (excludes halogenated alkanes) is 47. The van der Waals surface area contributed by atoms with Crippen molar-refractivity contribution in [1.29, 1.82) is 0 Å². The van der Waals surface area contributed by atoms with E-state index in [2.05, 4.69) is 19.2 Å². The predicted molar refractivity (Wildman–Crippen MR) is 309 cm³/mol. The highest BCUT2D eigenvalue weighted by Crippen LogP contribution is 2.43. The van der Waals surface area contributed by atoms with E-state index in [9.17, 15) is 19.4 Å². The van der Waals surface area contributed by atoms with Gasteiger partial charge in [0.05, 0.1) is 39.9 Å². The Morgan fingerprint density at radius 2 is 0.676 bits per heavy atom. The van der Waals surface area contributed by atoms with Crippen LogP contribution < -0.4 is 5.32 Å². The van der Waals surface area contributed by atoms with Gasteiger partial charge in [0.15, 0.2) is 0 Å². The molecular formula is C62H128N2O6P+. The number of aliphatic hydroxyl groups is 1. The highest BCUT2D eigenvalue weighted by Gasteiger charge is 2.28. The summed E-state index contributed by atoms with van der Waals surface area (Å²) in [5.74, 6) is -0.135. The van der Waals surface area contributed by atoms with Gasteiger partial charge in [-0.3, -0.25) is 13.8 Å². The third kappa shape index (κ3) is 57.1. The van der Waals surface area contributed by atoms with Crippen LogP contribution in [0.15, 0.2) is 0 Å². The molecule has 0 fully saturated rings. The van der Waals surface area contributed by atoms with Crippen LogP contribution in [-0.2, 0) is 18.4 Å². The molecule has 0 radical (unpaired) electrons. The maximum absolute atomic E-state index is 13.0. The lowest BCUT2D eigenvalue weighted by Gasteiger charge is -2.26. The van der Waals surface area contributed by atoms with Gasteiger partial charge in [-0.25, -0.2) is 4.57 Å². The summed E-state index contributed by atoms with van der Waals surface area (Å²) in [6.07, 6.45) is 66.2. The van der Waals surface area contributed by atoms with Crippen LogP contribution in [0, 0.1) is 0 Å². The van der Waals surface area contributed by atoms with Crippen molar-refractivity contribution in [1.82, 2.24) is 5.32 Å². The number of hydrogen-bond donors (Lipinski definition) is 3. The average molecular weight is 1030 g/mol. The molecule has 0 spiro atoms. The van der Waals surface area contributed by atoms with Crippen LogP contribution in [0.2, 0.25) is 0 Å². The molecule has 0 aliphatic rings. The van der Waals surface area contributed by atoms with Gasteiger partial charge in [-0.05, 0) is 12.8 Å². The lowest BCUT2D eigenvalue weighted by Crippen LogP contribution is -2.46. The number of carbonyl (C=O) groups excluding carboxylic acids is 1. The van der Waals surface area contributed by atoms with Gasteiger partial charge in [0.25, 0.3) is 0 Å². The first kappa shape index (κ1) is 70.5. The summed E-state index contributed by atoms with van der Waals surface area (Å²) in [7, 11) is 1.64. The van der Waals surface area contributed by atoms with Gasteiger partial charge in [0.2, 0.25) is 5.91 Å². The summed E-state index contributed by atoms with van der Waals surface area (Å²) in [4.78, 5) is 23.4. The molecule has 1 amide bonds. The zero-order chi connectivity index (χ0) is 52.0. The topological polar surface area (TPSA) is 105 Å². The SMILES string of the molecule is CCCCCCCCCCCCCCCCCCCCCCCCCCCCCCCCCCCC(=O)N[C@@H](COP(=O)(O)OCC[N+](C)(C)C)[C@H](O)CCCCCCCCCCCCCCCCCC. The van der Waals surface area contributed by atoms with Gasteiger partial charge in [-0.15, -0.1) is 0 Å². The van der Waals surface area contributed by atoms with E-state index in [-0.39, 0.29) is 19.1 Å². The van der Waals surface area contributed by atoms with Crippen LogP contribution in [0.4, 0.5) is 0 Å². The average Bonchev–Trinajstić information content (AvgIpc) is 3.33. The quantitative estimate of drug-likeness (QED) is 0.0318. The third-order valence-corrected chi connectivity index (χ3v) is 16.1. The summed E-state index contributed by atoms with van der Waals surface area (Å²) >= 11 is 0. The number of carbonyl (C=O) groups is 1. The van der Waals surface area contributed by atoms with Crippen LogP contribution in [0.3, 0.4) is 0 Å². The highest BCUT2D eigenvalue weighted by molar-refractivity contribution is 7.47. The highest BCUT2D eigenvalue weighted by atomic mass is 31.2. The summed E-state index contributed by atoms with van der Waals surface area (Å²) < 4.78 is 23.8. The van der Waals surface area contributed by atoms with Crippen molar-refractivity contribution in [2.24, 2.45) is 0 Å². The summed E-state index contributed by atoms with van der Waals surface area (Å²) in [5.41, 5.74) is 0. The molecule has 0 saturated heterocycles. The lowest BCUT2D eigenvalue weighted by atomic mass is 10.0. The number of rotatable bonds is 60. The Morgan fingerprint density at radius 3 is 0.944 bits per heavy atom. The van der Waals surface area contributed by atoms with E-state index < -0.39 is 20.0 Å². The number of nitrogens with zero attached hydrogens (tertiary/aromatic N) is 1. The number of nitrogens with one attached hydrogen (secondary N) is 1. The van der Waals surface area contributed by atoms with Crippen LogP contribution >= 0.6 is 7.82 Å². The normalized spacial score (nSPS) is 13.7. The molecule has 0 aliphatic heterocycles. The molecule has 3 N–H and O–H groups in total. The number of quaternary nitrogens is 1. The number of phosphoric acid groups is 1. The van der Waals surface area contributed by atoms with Gasteiger partial charge in [-0.1, -0.05) is 322 Å². The largest absolute Gasteiger partial charge is 0.472 e. The molecule has 1 unspecified atom stereocenters. The molecule has 0 aromatic rings. The van der Waals surface area contributed by atoms with Gasteiger partial charge < -0.3 is 19.8 Å². The molecule has 0 bridgehead atoms. The molecule has 0 rings (SSSR count). The van der Waals surface area contributed by atoms with Crippen molar-refractivity contribution in [2.75, 3.05) is 40.9 Å². The van der Waals surface area contributed by atoms with Gasteiger partial charge in [0.1, 0.15) is 13.2 Å². The Hall–Kier alpha value is -0.500. The number of likely N-dealkylation sites (N-methyl/N-ethyl adjacent to an activating group) is 1. The van der Waals surface area contributed by atoms with Crippen molar-refractivity contribution in [2.45, 2.75) is 353 Å². The Kier molecular flexibility index (Phi) is 53.9. The number of aliphatic hydroxyl groups excluding tert-OH is 1. The molecule has 8 nitrogen and oxygen atoms in total. The Morgan fingerprint density at radius 1 is 0.423 bits per heavy atom. The monoisotopic (exact) mass is 1030 g/mol. The third-order valence-electron chi connectivity index (χ3n) is 15.1. The maximum atomic E-state index is 13.0. The van der Waals surface area contributed by atoms with Crippen molar-refractivity contribution < 1.29 is 32.9 Å².